The van der Waals surface area contributed by atoms with E-state index in [-0.39, 0.29) is 25.8 Å². The molecule has 5 nitrogen and oxygen atoms in total. The van der Waals surface area contributed by atoms with Crippen LogP contribution in [0.2, 0.25) is 0 Å². The van der Waals surface area contributed by atoms with Gasteiger partial charge in [0.15, 0.2) is 8.07 Å². The van der Waals surface area contributed by atoms with Crippen LogP contribution in [0.1, 0.15) is 26.5 Å². The molecule has 0 spiro atoms. The smallest absolute Gasteiger partial charge is 0.509 e. The predicted molar refractivity (Wildman–Crippen MR) is 208 cm³/mol. The van der Waals surface area contributed by atoms with Gasteiger partial charge in [0.25, 0.3) is 0 Å². The number of aromatic nitrogens is 4. The molecular formula is C44H34N4OPPd+. The van der Waals surface area contributed by atoms with E-state index in [2.05, 4.69) is 157 Å². The van der Waals surface area contributed by atoms with Gasteiger partial charge in [0.05, 0.1) is 11.2 Å². The molecule has 0 radical (unpaired) electrons. The first kappa shape index (κ1) is 33.1. The Morgan fingerprint density at radius 3 is 1.73 bits per heavy atom. The van der Waals surface area contributed by atoms with Gasteiger partial charge in [-0.1, -0.05) is 104 Å². The number of hydrogen-bond donors (Lipinski definition) is 0. The summed E-state index contributed by atoms with van der Waals surface area (Å²) in [4.78, 5) is 9.74. The van der Waals surface area contributed by atoms with E-state index in [0.717, 1.165) is 38.4 Å². The fraction of sp³-hybridized carbons (Fsp3) is 0.0909. The summed E-state index contributed by atoms with van der Waals surface area (Å²) in [5.41, 5.74) is 4.96. The van der Waals surface area contributed by atoms with Gasteiger partial charge in [0.1, 0.15) is 10.6 Å². The van der Waals surface area contributed by atoms with Crippen molar-refractivity contribution < 1.29 is 25.2 Å². The largest absolute Gasteiger partial charge is 2.00 e. The van der Waals surface area contributed by atoms with E-state index in [1.807, 2.05) is 30.5 Å². The van der Waals surface area contributed by atoms with Crippen LogP contribution < -0.4 is 15.3 Å². The maximum Gasteiger partial charge on any atom is 2.00 e. The Labute approximate surface area is 312 Å². The Bertz CT molecular complexity index is 2640. The summed E-state index contributed by atoms with van der Waals surface area (Å²) in [5.74, 6) is 1.85. The molecule has 3 aromatic heterocycles. The van der Waals surface area contributed by atoms with Crippen LogP contribution in [0.3, 0.4) is 0 Å². The minimum absolute atomic E-state index is 0. The molecule has 0 atom stereocenters. The predicted octanol–water partition coefficient (Wildman–Crippen LogP) is 10.00. The van der Waals surface area contributed by atoms with Crippen molar-refractivity contribution in [2.75, 3.05) is 0 Å². The number of fused-ring (bicyclic) bond motifs is 6. The molecule has 9 rings (SSSR count). The van der Waals surface area contributed by atoms with Crippen LogP contribution in [0.25, 0.3) is 49.6 Å². The number of hydrogen-bond acceptors (Lipinski definition) is 3. The van der Waals surface area contributed by atoms with Gasteiger partial charge < -0.3 is 9.30 Å². The third-order valence-corrected chi connectivity index (χ3v) is 11.9. The van der Waals surface area contributed by atoms with Crippen molar-refractivity contribution in [3.8, 4) is 17.4 Å². The van der Waals surface area contributed by atoms with E-state index >= 15 is 0 Å². The van der Waals surface area contributed by atoms with Crippen molar-refractivity contribution in [2.45, 2.75) is 26.2 Å². The van der Waals surface area contributed by atoms with Crippen LogP contribution in [-0.2, 0) is 25.8 Å². The monoisotopic (exact) mass is 771 g/mol. The van der Waals surface area contributed by atoms with Gasteiger partial charge in [0.2, 0.25) is 5.95 Å². The number of nitrogens with zero attached hydrogens (tertiary/aromatic N) is 4. The van der Waals surface area contributed by atoms with Gasteiger partial charge in [-0.15, -0.1) is 29.7 Å². The zero-order valence-electron chi connectivity index (χ0n) is 28.4. The van der Waals surface area contributed by atoms with E-state index in [4.69, 9.17) is 14.7 Å². The van der Waals surface area contributed by atoms with Gasteiger partial charge in [-0.05, 0) is 58.8 Å². The van der Waals surface area contributed by atoms with Crippen molar-refractivity contribution in [2.24, 2.45) is 0 Å². The minimum Gasteiger partial charge on any atom is -0.509 e. The molecule has 3 heterocycles. The third kappa shape index (κ3) is 5.84. The Balaban J connectivity index is 0.00000374. The average Bonchev–Trinajstić information content (AvgIpc) is 3.64. The van der Waals surface area contributed by atoms with Crippen molar-refractivity contribution >= 4 is 62.3 Å². The molecule has 0 aliphatic rings. The Morgan fingerprint density at radius 1 is 0.569 bits per heavy atom. The first-order chi connectivity index (χ1) is 24.4. The molecule has 9 aromatic rings. The molecule has 0 amide bonds. The molecule has 0 N–H and O–H groups in total. The molecule has 0 bridgehead atoms. The summed E-state index contributed by atoms with van der Waals surface area (Å²) in [6.07, 6.45) is 1.84. The van der Waals surface area contributed by atoms with Gasteiger partial charge in [-0.25, -0.2) is 14.3 Å². The summed E-state index contributed by atoms with van der Waals surface area (Å²) >= 11 is 0. The molecule has 0 saturated carbocycles. The molecule has 0 aliphatic heterocycles. The Kier molecular flexibility index (Phi) is 8.57. The number of benzene rings is 6. The second kappa shape index (κ2) is 13.2. The maximum atomic E-state index is 6.63. The van der Waals surface area contributed by atoms with Crippen molar-refractivity contribution in [3.05, 3.63) is 164 Å². The molecule has 7 heteroatoms. The summed E-state index contributed by atoms with van der Waals surface area (Å²) in [7, 11) is -1.46. The first-order valence-electron chi connectivity index (χ1n) is 16.8. The van der Waals surface area contributed by atoms with E-state index in [0.29, 0.717) is 17.4 Å². The van der Waals surface area contributed by atoms with Crippen LogP contribution in [0.15, 0.2) is 146 Å². The summed E-state index contributed by atoms with van der Waals surface area (Å²) in [6.45, 7) is 6.50. The maximum absolute atomic E-state index is 6.63. The first-order valence-corrected chi connectivity index (χ1v) is 18.3. The summed E-state index contributed by atoms with van der Waals surface area (Å²) < 4.78 is 11.2. The second-order valence-corrected chi connectivity index (χ2v) is 15.8. The number of para-hydroxylation sites is 2. The van der Waals surface area contributed by atoms with Gasteiger partial charge in [-0.3, -0.25) is 0 Å². The van der Waals surface area contributed by atoms with Crippen LogP contribution >= 0.6 is 8.07 Å². The normalized spacial score (nSPS) is 11.8. The molecule has 0 saturated heterocycles. The number of ether oxygens (including phenoxy) is 1. The molecule has 0 unspecified atom stereocenters. The second-order valence-electron chi connectivity index (χ2n) is 13.5. The SMILES string of the molecule is CC(C)(C)c1ccnc(-n2c3[c-]c(Oc4[c-]c5c(cc4)c4ccccc4n5[PH+](c4ccccc4)c4ccccc4)ccc3c3ccccc32)n1.[Pd+2]. The van der Waals surface area contributed by atoms with Crippen molar-refractivity contribution in [3.63, 3.8) is 0 Å². The minimum atomic E-state index is -1.46. The quantitative estimate of drug-likeness (QED) is 0.0961. The Morgan fingerprint density at radius 2 is 1.10 bits per heavy atom. The van der Waals surface area contributed by atoms with E-state index in [1.54, 1.807) is 0 Å². The van der Waals surface area contributed by atoms with Crippen LogP contribution in [0.5, 0.6) is 11.5 Å². The fourth-order valence-electron chi connectivity index (χ4n) is 6.92. The van der Waals surface area contributed by atoms with E-state index < -0.39 is 8.07 Å². The van der Waals surface area contributed by atoms with E-state index in [1.165, 1.54) is 21.5 Å². The standard InChI is InChI=1S/C44H33N4OP.Pd/c1-44(2,3)42-26-27-45-43(46-42)47-38-20-12-10-18-34(38)36-24-22-30(28-40(36)47)49-31-23-25-37-35-19-11-13-21-39(35)48(41(37)29-31)50(32-14-6-4-7-15-32)33-16-8-5-9-17-33;/h4-27H,1-3H3;/q-2;+2/p+1. The van der Waals surface area contributed by atoms with E-state index in [9.17, 15) is 0 Å². The van der Waals surface area contributed by atoms with Crippen LogP contribution in [0.4, 0.5) is 0 Å². The zero-order chi connectivity index (χ0) is 33.8. The van der Waals surface area contributed by atoms with Crippen LogP contribution in [0, 0.1) is 12.1 Å². The summed E-state index contributed by atoms with van der Waals surface area (Å²) in [5, 5.41) is 7.14. The van der Waals surface area contributed by atoms with Gasteiger partial charge >= 0.3 is 20.4 Å². The number of rotatable bonds is 6. The zero-order valence-corrected chi connectivity index (χ0v) is 30.9. The molecule has 0 aliphatic carbocycles. The van der Waals surface area contributed by atoms with Crippen molar-refractivity contribution in [1.29, 1.82) is 0 Å². The van der Waals surface area contributed by atoms with Crippen LogP contribution in [-0.4, -0.2) is 18.9 Å². The van der Waals surface area contributed by atoms with Crippen molar-refractivity contribution in [1.82, 2.24) is 18.9 Å². The van der Waals surface area contributed by atoms with Gasteiger partial charge in [0, 0.05) is 28.6 Å². The van der Waals surface area contributed by atoms with Gasteiger partial charge in [-0.2, -0.15) is 12.1 Å². The molecule has 6 aromatic carbocycles. The summed E-state index contributed by atoms with van der Waals surface area (Å²) in [6, 6.07) is 56.2. The fourth-order valence-corrected chi connectivity index (χ4v) is 9.62. The third-order valence-electron chi connectivity index (χ3n) is 9.26. The molecule has 51 heavy (non-hydrogen) atoms. The topological polar surface area (TPSA) is 44.9 Å². The Hall–Kier alpha value is -5.11. The molecular weight excluding hydrogens is 738 g/mol. The molecule has 0 fully saturated rings. The average molecular weight is 772 g/mol. The molecule has 250 valence electrons.